The maximum Gasteiger partial charge on any atom is 0.263 e. The highest BCUT2D eigenvalue weighted by Gasteiger charge is 2.28. The lowest BCUT2D eigenvalue weighted by Crippen LogP contribution is -2.39. The Labute approximate surface area is 168 Å². The van der Waals surface area contributed by atoms with Crippen molar-refractivity contribution >= 4 is 53.7 Å². The minimum atomic E-state index is -0.259. The van der Waals surface area contributed by atoms with Gasteiger partial charge in [0.15, 0.2) is 0 Å². The van der Waals surface area contributed by atoms with E-state index in [1.807, 2.05) is 0 Å². The number of pyridine rings is 1. The maximum absolute atomic E-state index is 12.6. The third-order valence-electron chi connectivity index (χ3n) is 4.34. The number of anilines is 1. The van der Waals surface area contributed by atoms with Crippen LogP contribution in [0.3, 0.4) is 0 Å². The Morgan fingerprint density at radius 1 is 1.15 bits per heavy atom. The van der Waals surface area contributed by atoms with Gasteiger partial charge < -0.3 is 16.4 Å². The second-order valence-corrected chi connectivity index (χ2v) is 6.78. The molecule has 0 aromatic carbocycles. The highest BCUT2D eigenvalue weighted by Crippen LogP contribution is 2.27. The Bertz CT molecular complexity index is 727. The fourth-order valence-electron chi connectivity index (χ4n) is 3.02. The largest absolute Gasteiger partial charge is 0.348 e. The highest BCUT2D eigenvalue weighted by atomic mass is 35.5. The van der Waals surface area contributed by atoms with Gasteiger partial charge in [0.05, 0.1) is 5.69 Å². The van der Waals surface area contributed by atoms with E-state index < -0.39 is 0 Å². The van der Waals surface area contributed by atoms with E-state index >= 15 is 0 Å². The molecule has 3 rings (SSSR count). The lowest BCUT2D eigenvalue weighted by atomic mass is 10.0. The monoisotopic (exact) mass is 416 g/mol. The van der Waals surface area contributed by atoms with Gasteiger partial charge in [0.1, 0.15) is 4.88 Å². The second-order valence-electron chi connectivity index (χ2n) is 5.86. The average Bonchev–Trinajstić information content (AvgIpc) is 3.24. The summed E-state index contributed by atoms with van der Waals surface area (Å²) in [6.07, 6.45) is 6.21. The molecular weight excluding hydrogens is 395 g/mol. The first kappa shape index (κ1) is 22.4. The molecule has 0 spiro atoms. The van der Waals surface area contributed by atoms with Gasteiger partial charge in [-0.3, -0.25) is 14.6 Å². The van der Waals surface area contributed by atoms with E-state index in [9.17, 15) is 9.59 Å². The van der Waals surface area contributed by atoms with E-state index in [-0.39, 0.29) is 42.7 Å². The number of carbonyl (C=O) groups is 2. The zero-order chi connectivity index (χ0) is 16.9. The minimum Gasteiger partial charge on any atom is -0.348 e. The lowest BCUT2D eigenvalue weighted by Gasteiger charge is -2.19. The first-order chi connectivity index (χ1) is 11.7. The molecule has 9 heteroatoms. The summed E-state index contributed by atoms with van der Waals surface area (Å²) in [5.41, 5.74) is 6.80. The molecule has 0 saturated heterocycles. The van der Waals surface area contributed by atoms with Crippen molar-refractivity contribution in [1.82, 2.24) is 10.3 Å². The minimum absolute atomic E-state index is 0. The van der Waals surface area contributed by atoms with Crippen LogP contribution in [0.5, 0.6) is 0 Å². The normalized spacial score (nSPS) is 18.3. The number of aromatic nitrogens is 1. The number of thiophene rings is 1. The van der Waals surface area contributed by atoms with Gasteiger partial charge >= 0.3 is 0 Å². The number of rotatable bonds is 5. The summed E-state index contributed by atoms with van der Waals surface area (Å²) in [7, 11) is 0. The van der Waals surface area contributed by atoms with Gasteiger partial charge in [-0.05, 0) is 48.9 Å². The first-order valence-electron chi connectivity index (χ1n) is 7.99. The first-order valence-corrected chi connectivity index (χ1v) is 8.87. The highest BCUT2D eigenvalue weighted by molar-refractivity contribution is 7.12. The van der Waals surface area contributed by atoms with Crippen molar-refractivity contribution in [2.24, 2.45) is 11.7 Å². The van der Waals surface area contributed by atoms with Crippen molar-refractivity contribution in [3.63, 3.8) is 0 Å². The molecule has 0 bridgehead atoms. The molecule has 2 unspecified atom stereocenters. The molecule has 2 atom stereocenters. The smallest absolute Gasteiger partial charge is 0.263 e. The van der Waals surface area contributed by atoms with Crippen LogP contribution >= 0.6 is 36.2 Å². The summed E-state index contributed by atoms with van der Waals surface area (Å²) in [4.78, 5) is 29.2. The molecule has 1 aliphatic carbocycles. The Morgan fingerprint density at radius 2 is 1.88 bits per heavy atom. The van der Waals surface area contributed by atoms with E-state index in [2.05, 4.69) is 15.6 Å². The number of halogens is 2. The van der Waals surface area contributed by atoms with Crippen molar-refractivity contribution in [3.05, 3.63) is 46.4 Å². The molecule has 4 N–H and O–H groups in total. The molecule has 26 heavy (non-hydrogen) atoms. The number of nitrogens with zero attached hydrogens (tertiary/aromatic N) is 1. The number of nitrogens with two attached hydrogens (primary N) is 1. The summed E-state index contributed by atoms with van der Waals surface area (Å²) >= 11 is 1.32. The van der Waals surface area contributed by atoms with Gasteiger partial charge in [-0.15, -0.1) is 36.2 Å². The van der Waals surface area contributed by atoms with Crippen molar-refractivity contribution in [2.45, 2.75) is 25.3 Å². The van der Waals surface area contributed by atoms with Gasteiger partial charge in [-0.1, -0.05) is 6.42 Å². The van der Waals surface area contributed by atoms with E-state index in [4.69, 9.17) is 5.73 Å². The molecule has 142 valence electrons. The molecule has 2 aromatic rings. The number of hydrogen-bond donors (Lipinski definition) is 3. The third kappa shape index (κ3) is 5.17. The van der Waals surface area contributed by atoms with Crippen molar-refractivity contribution < 1.29 is 9.59 Å². The lowest BCUT2D eigenvalue weighted by molar-refractivity contribution is 0.0933. The molecule has 2 heterocycles. The van der Waals surface area contributed by atoms with Gasteiger partial charge in [-0.25, -0.2) is 0 Å². The third-order valence-corrected chi connectivity index (χ3v) is 5.25. The molecule has 0 radical (unpaired) electrons. The number of carbonyl (C=O) groups excluding carboxylic acids is 2. The van der Waals surface area contributed by atoms with E-state index in [1.54, 1.807) is 36.0 Å². The van der Waals surface area contributed by atoms with E-state index in [0.29, 0.717) is 28.6 Å². The standard InChI is InChI=1S/C17H20N4O2S.2ClH/c18-10-12-2-1-3-13(12)20-17(23)15-14(6-9-24-15)21-16(22)11-4-7-19-8-5-11;;/h4-9,12-13H,1-3,10,18H2,(H,20,23)(H,21,22);2*1H. The van der Waals surface area contributed by atoms with Gasteiger partial charge in [0.2, 0.25) is 0 Å². The topological polar surface area (TPSA) is 97.1 Å². The van der Waals surface area contributed by atoms with Crippen molar-refractivity contribution in [2.75, 3.05) is 11.9 Å². The molecule has 2 amide bonds. The molecule has 6 nitrogen and oxygen atoms in total. The van der Waals surface area contributed by atoms with E-state index in [0.717, 1.165) is 19.3 Å². The quantitative estimate of drug-likeness (QED) is 0.697. The van der Waals surface area contributed by atoms with Gasteiger partial charge in [-0.2, -0.15) is 0 Å². The second kappa shape index (κ2) is 10.5. The number of amides is 2. The summed E-state index contributed by atoms with van der Waals surface area (Å²) in [5, 5.41) is 7.66. The zero-order valence-electron chi connectivity index (χ0n) is 14.0. The number of hydrogen-bond acceptors (Lipinski definition) is 5. The van der Waals surface area contributed by atoms with Crippen LogP contribution in [0.4, 0.5) is 5.69 Å². The summed E-state index contributed by atoms with van der Waals surface area (Å²) in [5.74, 6) is -0.0744. The molecule has 1 saturated carbocycles. The average molecular weight is 417 g/mol. The van der Waals surface area contributed by atoms with Crippen LogP contribution in [0.1, 0.15) is 39.3 Å². The Balaban J connectivity index is 0.00000169. The van der Waals surface area contributed by atoms with E-state index in [1.165, 1.54) is 11.3 Å². The van der Waals surface area contributed by atoms with Crippen LogP contribution in [-0.4, -0.2) is 29.4 Å². The number of nitrogens with one attached hydrogen (secondary N) is 2. The van der Waals surface area contributed by atoms with Crippen LogP contribution in [0.2, 0.25) is 0 Å². The molecule has 1 aliphatic rings. The predicted molar refractivity (Wildman–Crippen MR) is 109 cm³/mol. The summed E-state index contributed by atoms with van der Waals surface area (Å²) in [6.45, 7) is 0.584. The summed E-state index contributed by atoms with van der Waals surface area (Å²) < 4.78 is 0. The van der Waals surface area contributed by atoms with Crippen LogP contribution in [0, 0.1) is 5.92 Å². The molecule has 1 fully saturated rings. The fraction of sp³-hybridized carbons (Fsp3) is 0.353. The SMILES string of the molecule is Cl.Cl.NCC1CCCC1NC(=O)c1sccc1NC(=O)c1ccncc1. The van der Waals surface area contributed by atoms with Crippen LogP contribution in [0.25, 0.3) is 0 Å². The summed E-state index contributed by atoms with van der Waals surface area (Å²) in [6, 6.07) is 5.12. The van der Waals surface area contributed by atoms with Gasteiger partial charge in [0, 0.05) is 24.0 Å². The molecule has 2 aromatic heterocycles. The molecule has 0 aliphatic heterocycles. The maximum atomic E-state index is 12.6. The molecular formula is C17H22Cl2N4O2S. The van der Waals surface area contributed by atoms with Gasteiger partial charge in [0.25, 0.3) is 11.8 Å². The van der Waals surface area contributed by atoms with Crippen molar-refractivity contribution in [3.8, 4) is 0 Å². The van der Waals surface area contributed by atoms with Crippen molar-refractivity contribution in [1.29, 1.82) is 0 Å². The van der Waals surface area contributed by atoms with Crippen LogP contribution < -0.4 is 16.4 Å². The Morgan fingerprint density at radius 3 is 2.58 bits per heavy atom. The van der Waals surface area contributed by atoms with Crippen LogP contribution in [-0.2, 0) is 0 Å². The van der Waals surface area contributed by atoms with Crippen LogP contribution in [0.15, 0.2) is 36.0 Å². The fourth-order valence-corrected chi connectivity index (χ4v) is 3.78. The predicted octanol–water partition coefficient (Wildman–Crippen LogP) is 3.10. The zero-order valence-corrected chi connectivity index (χ0v) is 16.5. The Kier molecular flexibility index (Phi) is 9.01. The Hall–Kier alpha value is -1.67.